The van der Waals surface area contributed by atoms with Crippen molar-refractivity contribution < 1.29 is 4.42 Å². The van der Waals surface area contributed by atoms with Crippen molar-refractivity contribution in [2.24, 2.45) is 0 Å². The molecule has 3 rings (SSSR count). The molecule has 0 amide bonds. The maximum atomic E-state index is 5.76. The molecule has 3 heteroatoms. The van der Waals surface area contributed by atoms with E-state index in [1.54, 1.807) is 0 Å². The Morgan fingerprint density at radius 2 is 1.76 bits per heavy atom. The van der Waals surface area contributed by atoms with Gasteiger partial charge in [0.15, 0.2) is 5.58 Å². The Morgan fingerprint density at radius 3 is 2.59 bits per heavy atom. The molecule has 0 saturated heterocycles. The molecule has 17 heavy (non-hydrogen) atoms. The van der Waals surface area contributed by atoms with Crippen molar-refractivity contribution in [3.63, 3.8) is 0 Å². The van der Waals surface area contributed by atoms with E-state index in [0.29, 0.717) is 5.89 Å². The Hall–Kier alpha value is -1.61. The van der Waals surface area contributed by atoms with Gasteiger partial charge in [-0.1, -0.05) is 46.3 Å². The Balaban J connectivity index is 2.20. The summed E-state index contributed by atoms with van der Waals surface area (Å²) in [5.74, 6) is 0.682. The quantitative estimate of drug-likeness (QED) is 0.654. The number of nitrogens with zero attached hydrogens (tertiary/aromatic N) is 1. The van der Waals surface area contributed by atoms with Crippen LogP contribution in [0.25, 0.3) is 22.6 Å². The molecule has 2 aromatic carbocycles. The van der Waals surface area contributed by atoms with E-state index in [2.05, 4.69) is 27.0 Å². The lowest BCUT2D eigenvalue weighted by atomic mass is 10.1. The Morgan fingerprint density at radius 1 is 1.00 bits per heavy atom. The monoisotopic (exact) mass is 287 g/mol. The maximum Gasteiger partial charge on any atom is 0.227 e. The molecule has 0 unspecified atom stereocenters. The van der Waals surface area contributed by atoms with Crippen molar-refractivity contribution >= 4 is 27.0 Å². The van der Waals surface area contributed by atoms with E-state index in [-0.39, 0.29) is 0 Å². The van der Waals surface area contributed by atoms with Crippen LogP contribution in [0.2, 0.25) is 0 Å². The number of aromatic nitrogens is 1. The molecular formula is C14H10BrNO. The number of halogens is 1. The molecule has 0 N–H and O–H groups in total. The van der Waals surface area contributed by atoms with Gasteiger partial charge in [0.2, 0.25) is 5.89 Å². The van der Waals surface area contributed by atoms with E-state index in [1.807, 2.05) is 42.5 Å². The Labute approximate surface area is 107 Å². The third kappa shape index (κ3) is 1.87. The van der Waals surface area contributed by atoms with Crippen molar-refractivity contribution in [2.75, 3.05) is 0 Å². The third-order valence-corrected chi connectivity index (χ3v) is 3.29. The Bertz CT molecular complexity index is 627. The summed E-state index contributed by atoms with van der Waals surface area (Å²) >= 11 is 3.48. The number of para-hydroxylation sites is 2. The molecule has 0 aliphatic carbocycles. The van der Waals surface area contributed by atoms with Crippen LogP contribution in [-0.2, 0) is 5.33 Å². The normalized spacial score (nSPS) is 10.9. The number of rotatable bonds is 2. The molecule has 0 fully saturated rings. The van der Waals surface area contributed by atoms with Crippen LogP contribution in [0, 0.1) is 0 Å². The van der Waals surface area contributed by atoms with Gasteiger partial charge in [-0.3, -0.25) is 0 Å². The van der Waals surface area contributed by atoms with Gasteiger partial charge < -0.3 is 4.42 Å². The topological polar surface area (TPSA) is 26.0 Å². The predicted octanol–water partition coefficient (Wildman–Crippen LogP) is 4.39. The number of hydrogen-bond acceptors (Lipinski definition) is 2. The first-order valence-electron chi connectivity index (χ1n) is 5.38. The maximum absolute atomic E-state index is 5.76. The van der Waals surface area contributed by atoms with Gasteiger partial charge >= 0.3 is 0 Å². The molecule has 0 saturated carbocycles. The van der Waals surface area contributed by atoms with E-state index in [0.717, 1.165) is 22.0 Å². The van der Waals surface area contributed by atoms with Gasteiger partial charge in [-0.15, -0.1) is 0 Å². The fourth-order valence-corrected chi connectivity index (χ4v) is 2.32. The molecule has 0 aliphatic rings. The van der Waals surface area contributed by atoms with E-state index in [4.69, 9.17) is 4.42 Å². The van der Waals surface area contributed by atoms with Crippen LogP contribution in [0.15, 0.2) is 52.9 Å². The number of hydrogen-bond donors (Lipinski definition) is 0. The third-order valence-electron chi connectivity index (χ3n) is 2.69. The summed E-state index contributed by atoms with van der Waals surface area (Å²) < 4.78 is 5.76. The second-order valence-corrected chi connectivity index (χ2v) is 4.34. The summed E-state index contributed by atoms with van der Waals surface area (Å²) in [4.78, 5) is 4.50. The lowest BCUT2D eigenvalue weighted by Gasteiger charge is -2.01. The van der Waals surface area contributed by atoms with E-state index >= 15 is 0 Å². The van der Waals surface area contributed by atoms with Crippen LogP contribution < -0.4 is 0 Å². The van der Waals surface area contributed by atoms with Crippen LogP contribution in [0.3, 0.4) is 0 Å². The SMILES string of the molecule is BrCc1ccccc1-c1nc2ccccc2o1. The summed E-state index contributed by atoms with van der Waals surface area (Å²) in [5.41, 5.74) is 3.94. The summed E-state index contributed by atoms with van der Waals surface area (Å²) in [6.45, 7) is 0. The zero-order chi connectivity index (χ0) is 11.7. The van der Waals surface area contributed by atoms with Gasteiger partial charge in [0.1, 0.15) is 5.52 Å². The minimum atomic E-state index is 0.682. The second kappa shape index (κ2) is 4.34. The van der Waals surface area contributed by atoms with Crippen LogP contribution in [0.5, 0.6) is 0 Å². The van der Waals surface area contributed by atoms with Crippen LogP contribution >= 0.6 is 15.9 Å². The first-order valence-corrected chi connectivity index (χ1v) is 6.50. The van der Waals surface area contributed by atoms with Gasteiger partial charge in [-0.05, 0) is 23.8 Å². The fraction of sp³-hybridized carbons (Fsp3) is 0.0714. The van der Waals surface area contributed by atoms with Gasteiger partial charge in [0.25, 0.3) is 0 Å². The highest BCUT2D eigenvalue weighted by molar-refractivity contribution is 9.08. The van der Waals surface area contributed by atoms with E-state index in [9.17, 15) is 0 Å². The average molecular weight is 288 g/mol. The predicted molar refractivity (Wildman–Crippen MR) is 72.1 cm³/mol. The molecule has 1 heterocycles. The average Bonchev–Trinajstić information content (AvgIpc) is 2.82. The number of fused-ring (bicyclic) bond motifs is 1. The first-order chi connectivity index (χ1) is 8.38. The highest BCUT2D eigenvalue weighted by Gasteiger charge is 2.10. The minimum absolute atomic E-state index is 0.682. The summed E-state index contributed by atoms with van der Waals surface area (Å²) in [6, 6.07) is 15.9. The zero-order valence-corrected chi connectivity index (χ0v) is 10.6. The summed E-state index contributed by atoms with van der Waals surface area (Å²) in [5, 5.41) is 0.794. The zero-order valence-electron chi connectivity index (χ0n) is 9.06. The molecule has 3 aromatic rings. The van der Waals surface area contributed by atoms with E-state index < -0.39 is 0 Å². The van der Waals surface area contributed by atoms with Gasteiger partial charge in [-0.25, -0.2) is 4.98 Å². The molecular weight excluding hydrogens is 278 g/mol. The molecule has 0 atom stereocenters. The van der Waals surface area contributed by atoms with Gasteiger partial charge in [0, 0.05) is 10.9 Å². The standard InChI is InChI=1S/C14H10BrNO/c15-9-10-5-1-2-6-11(10)14-16-12-7-3-4-8-13(12)17-14/h1-8H,9H2. The van der Waals surface area contributed by atoms with Gasteiger partial charge in [-0.2, -0.15) is 0 Å². The van der Waals surface area contributed by atoms with Crippen molar-refractivity contribution in [2.45, 2.75) is 5.33 Å². The number of benzene rings is 2. The van der Waals surface area contributed by atoms with Crippen molar-refractivity contribution in [1.29, 1.82) is 0 Å². The van der Waals surface area contributed by atoms with Crippen molar-refractivity contribution in [3.8, 4) is 11.5 Å². The fourth-order valence-electron chi connectivity index (χ4n) is 1.83. The second-order valence-electron chi connectivity index (χ2n) is 3.78. The van der Waals surface area contributed by atoms with Crippen LogP contribution in [0.4, 0.5) is 0 Å². The van der Waals surface area contributed by atoms with Crippen molar-refractivity contribution in [1.82, 2.24) is 4.98 Å². The first kappa shape index (κ1) is 10.5. The van der Waals surface area contributed by atoms with Crippen molar-refractivity contribution in [3.05, 3.63) is 54.1 Å². The minimum Gasteiger partial charge on any atom is -0.436 e. The molecule has 0 bridgehead atoms. The highest BCUT2D eigenvalue weighted by atomic mass is 79.9. The van der Waals surface area contributed by atoms with Crippen LogP contribution in [-0.4, -0.2) is 4.98 Å². The molecule has 84 valence electrons. The molecule has 1 aromatic heterocycles. The lowest BCUT2D eigenvalue weighted by Crippen LogP contribution is -1.84. The number of alkyl halides is 1. The Kier molecular flexibility index (Phi) is 2.69. The number of oxazole rings is 1. The molecule has 0 radical (unpaired) electrons. The molecule has 0 spiro atoms. The largest absolute Gasteiger partial charge is 0.436 e. The lowest BCUT2D eigenvalue weighted by molar-refractivity contribution is 0.619. The summed E-state index contributed by atoms with van der Waals surface area (Å²) in [7, 11) is 0. The van der Waals surface area contributed by atoms with Crippen LogP contribution in [0.1, 0.15) is 5.56 Å². The molecule has 0 aliphatic heterocycles. The smallest absolute Gasteiger partial charge is 0.227 e. The van der Waals surface area contributed by atoms with Gasteiger partial charge in [0.05, 0.1) is 0 Å². The van der Waals surface area contributed by atoms with E-state index in [1.165, 1.54) is 5.56 Å². The highest BCUT2D eigenvalue weighted by Crippen LogP contribution is 2.27. The summed E-state index contributed by atoms with van der Waals surface area (Å²) in [6.07, 6.45) is 0. The molecule has 2 nitrogen and oxygen atoms in total.